The van der Waals surface area contributed by atoms with E-state index in [9.17, 15) is 4.79 Å². The summed E-state index contributed by atoms with van der Waals surface area (Å²) < 4.78 is 11.3. The first-order valence-electron chi connectivity index (χ1n) is 8.46. The number of fused-ring (bicyclic) bond motifs is 1. The number of hydrogen-bond donors (Lipinski definition) is 0. The van der Waals surface area contributed by atoms with E-state index in [4.69, 9.17) is 21.1 Å². The molecule has 3 aromatic rings. The molecule has 26 heavy (non-hydrogen) atoms. The van der Waals surface area contributed by atoms with Crippen molar-refractivity contribution in [2.24, 2.45) is 5.92 Å². The fourth-order valence-corrected chi connectivity index (χ4v) is 2.99. The molecule has 1 atom stereocenters. The van der Waals surface area contributed by atoms with Crippen LogP contribution >= 0.6 is 11.6 Å². The molecule has 0 spiro atoms. The molecule has 0 bridgehead atoms. The van der Waals surface area contributed by atoms with Crippen LogP contribution in [-0.2, 0) is 9.53 Å². The number of esters is 1. The van der Waals surface area contributed by atoms with Crippen LogP contribution in [0.3, 0.4) is 0 Å². The average Bonchev–Trinajstić information content (AvgIpc) is 2.66. The Morgan fingerprint density at radius 3 is 2.58 bits per heavy atom. The summed E-state index contributed by atoms with van der Waals surface area (Å²) in [6, 6.07) is 16.8. The highest BCUT2D eigenvalue weighted by molar-refractivity contribution is 6.35. The second-order valence-electron chi connectivity index (χ2n) is 6.30. The minimum absolute atomic E-state index is 0.152. The Hall–Kier alpha value is -2.59. The van der Waals surface area contributed by atoms with Gasteiger partial charge in [0.15, 0.2) is 6.61 Å². The normalized spacial score (nSPS) is 12.2. The minimum atomic E-state index is -0.424. The third kappa shape index (κ3) is 4.14. The van der Waals surface area contributed by atoms with Gasteiger partial charge in [-0.25, -0.2) is 4.79 Å². The molecular weight excluding hydrogens is 350 g/mol. The van der Waals surface area contributed by atoms with Gasteiger partial charge in [0, 0.05) is 11.6 Å². The van der Waals surface area contributed by atoms with Gasteiger partial charge in [-0.3, -0.25) is 4.98 Å². The van der Waals surface area contributed by atoms with Gasteiger partial charge < -0.3 is 9.47 Å². The predicted molar refractivity (Wildman–Crippen MR) is 102 cm³/mol. The Labute approximate surface area is 157 Å². The number of carbonyl (C=O) groups excluding carboxylic acids is 1. The minimum Gasteiger partial charge on any atom is -0.480 e. The Morgan fingerprint density at radius 1 is 1.08 bits per heavy atom. The number of ether oxygens (including phenoxy) is 2. The molecule has 5 heteroatoms. The molecule has 0 fully saturated rings. The molecule has 0 aliphatic heterocycles. The Kier molecular flexibility index (Phi) is 5.74. The number of hydrogen-bond acceptors (Lipinski definition) is 4. The van der Waals surface area contributed by atoms with Crippen LogP contribution in [0.2, 0.25) is 5.02 Å². The van der Waals surface area contributed by atoms with Crippen molar-refractivity contribution in [3.05, 3.63) is 71.4 Å². The van der Waals surface area contributed by atoms with Gasteiger partial charge in [0.1, 0.15) is 17.4 Å². The van der Waals surface area contributed by atoms with E-state index in [1.807, 2.05) is 50.2 Å². The van der Waals surface area contributed by atoms with Crippen molar-refractivity contribution in [3.63, 3.8) is 0 Å². The van der Waals surface area contributed by atoms with Crippen molar-refractivity contribution in [1.82, 2.24) is 4.98 Å². The number of benzene rings is 2. The molecule has 0 saturated heterocycles. The van der Waals surface area contributed by atoms with Crippen LogP contribution < -0.4 is 4.74 Å². The second-order valence-corrected chi connectivity index (χ2v) is 6.71. The summed E-state index contributed by atoms with van der Waals surface area (Å²) in [6.45, 7) is 3.84. The molecule has 4 nitrogen and oxygen atoms in total. The molecule has 0 saturated carbocycles. The summed E-state index contributed by atoms with van der Waals surface area (Å²) in [7, 11) is 0. The molecule has 0 aliphatic carbocycles. The lowest BCUT2D eigenvalue weighted by Gasteiger charge is -2.22. The zero-order valence-electron chi connectivity index (χ0n) is 14.7. The number of halogens is 1. The van der Waals surface area contributed by atoms with Gasteiger partial charge in [0.25, 0.3) is 0 Å². The summed E-state index contributed by atoms with van der Waals surface area (Å²) in [4.78, 5) is 16.6. The fourth-order valence-electron chi connectivity index (χ4n) is 2.77. The first-order chi connectivity index (χ1) is 12.6. The van der Waals surface area contributed by atoms with Crippen molar-refractivity contribution in [2.45, 2.75) is 20.0 Å². The van der Waals surface area contributed by atoms with Crippen LogP contribution in [-0.4, -0.2) is 17.6 Å². The quantitative estimate of drug-likeness (QED) is 0.560. The Balaban J connectivity index is 1.70. The molecule has 2 aromatic carbocycles. The highest BCUT2D eigenvalue weighted by Gasteiger charge is 2.21. The van der Waals surface area contributed by atoms with Gasteiger partial charge in [-0.1, -0.05) is 55.8 Å². The van der Waals surface area contributed by atoms with E-state index in [2.05, 4.69) is 4.98 Å². The van der Waals surface area contributed by atoms with E-state index in [-0.39, 0.29) is 18.6 Å². The van der Waals surface area contributed by atoms with Gasteiger partial charge in [0.05, 0.1) is 5.02 Å². The van der Waals surface area contributed by atoms with Crippen molar-refractivity contribution in [1.29, 1.82) is 0 Å². The first-order valence-corrected chi connectivity index (χ1v) is 8.84. The molecule has 134 valence electrons. The molecule has 1 heterocycles. The van der Waals surface area contributed by atoms with Crippen molar-refractivity contribution >= 4 is 28.5 Å². The summed E-state index contributed by atoms with van der Waals surface area (Å²) >= 11 is 6.18. The molecule has 1 aromatic heterocycles. The average molecular weight is 370 g/mol. The number of aromatic nitrogens is 1. The lowest BCUT2D eigenvalue weighted by Crippen LogP contribution is -2.21. The van der Waals surface area contributed by atoms with E-state index < -0.39 is 5.97 Å². The van der Waals surface area contributed by atoms with Crippen LogP contribution in [0.25, 0.3) is 10.9 Å². The maximum atomic E-state index is 12.3. The monoisotopic (exact) mass is 369 g/mol. The second kappa shape index (κ2) is 8.19. The van der Waals surface area contributed by atoms with Gasteiger partial charge in [0.2, 0.25) is 0 Å². The first kappa shape index (κ1) is 18.2. The van der Waals surface area contributed by atoms with Gasteiger partial charge >= 0.3 is 5.97 Å². The molecule has 0 aliphatic rings. The largest absolute Gasteiger partial charge is 0.480 e. The third-order valence-electron chi connectivity index (χ3n) is 4.02. The standard InChI is InChI=1S/C21H20ClNO3/c1-14(2)21(15-7-4-3-5-8-15)26-19(24)13-25-18-11-10-17(22)16-9-6-12-23-20(16)18/h3-12,14,21H,13H2,1-2H3. The van der Waals surface area contributed by atoms with E-state index >= 15 is 0 Å². The topological polar surface area (TPSA) is 48.4 Å². The van der Waals surface area contributed by atoms with Crippen molar-refractivity contribution < 1.29 is 14.3 Å². The molecule has 0 radical (unpaired) electrons. The van der Waals surface area contributed by atoms with Crippen LogP contribution in [0, 0.1) is 5.92 Å². The maximum Gasteiger partial charge on any atom is 0.344 e. The summed E-state index contributed by atoms with van der Waals surface area (Å²) in [5.41, 5.74) is 1.59. The van der Waals surface area contributed by atoms with Crippen LogP contribution in [0.15, 0.2) is 60.8 Å². The number of carbonyl (C=O) groups is 1. The molecule has 0 N–H and O–H groups in total. The van der Waals surface area contributed by atoms with Crippen molar-refractivity contribution in [2.75, 3.05) is 6.61 Å². The van der Waals surface area contributed by atoms with Gasteiger partial charge in [-0.15, -0.1) is 0 Å². The number of rotatable bonds is 6. The van der Waals surface area contributed by atoms with E-state index in [1.54, 1.807) is 24.4 Å². The fraction of sp³-hybridized carbons (Fsp3) is 0.238. The summed E-state index contributed by atoms with van der Waals surface area (Å²) in [5, 5.41) is 1.37. The predicted octanol–water partition coefficient (Wildman–Crippen LogP) is 5.21. The zero-order chi connectivity index (χ0) is 18.5. The van der Waals surface area contributed by atoms with E-state index in [1.165, 1.54) is 0 Å². The molecule has 0 amide bonds. The van der Waals surface area contributed by atoms with Crippen LogP contribution in [0.4, 0.5) is 0 Å². The lowest BCUT2D eigenvalue weighted by molar-refractivity contribution is -0.154. The Morgan fingerprint density at radius 2 is 1.85 bits per heavy atom. The number of nitrogens with zero attached hydrogens (tertiary/aromatic N) is 1. The van der Waals surface area contributed by atoms with E-state index in [0.717, 1.165) is 10.9 Å². The van der Waals surface area contributed by atoms with Crippen molar-refractivity contribution in [3.8, 4) is 5.75 Å². The highest BCUT2D eigenvalue weighted by Crippen LogP contribution is 2.30. The molecular formula is C21H20ClNO3. The summed E-state index contributed by atoms with van der Waals surface area (Å²) in [5.74, 6) is 0.230. The van der Waals surface area contributed by atoms with Crippen LogP contribution in [0.5, 0.6) is 5.75 Å². The van der Waals surface area contributed by atoms with Gasteiger partial charge in [-0.2, -0.15) is 0 Å². The molecule has 3 rings (SSSR count). The van der Waals surface area contributed by atoms with Crippen LogP contribution in [0.1, 0.15) is 25.5 Å². The Bertz CT molecular complexity index is 896. The smallest absolute Gasteiger partial charge is 0.344 e. The number of pyridine rings is 1. The zero-order valence-corrected chi connectivity index (χ0v) is 15.4. The van der Waals surface area contributed by atoms with Gasteiger partial charge in [-0.05, 0) is 35.7 Å². The third-order valence-corrected chi connectivity index (χ3v) is 4.35. The van der Waals surface area contributed by atoms with E-state index in [0.29, 0.717) is 16.3 Å². The maximum absolute atomic E-state index is 12.3. The highest BCUT2D eigenvalue weighted by atomic mass is 35.5. The summed E-state index contributed by atoms with van der Waals surface area (Å²) in [6.07, 6.45) is 1.35. The SMILES string of the molecule is CC(C)C(OC(=O)COc1ccc(Cl)c2cccnc12)c1ccccc1. The molecule has 1 unspecified atom stereocenters. The lowest BCUT2D eigenvalue weighted by atomic mass is 9.99.